The minimum atomic E-state index is 0.763. The molecule has 0 amide bonds. The Morgan fingerprint density at radius 2 is 1.22 bits per heavy atom. The third-order valence-corrected chi connectivity index (χ3v) is 6.93. The standard InChI is InChI=1S/C29H20N2S/c1-19-17-26(31-29(30-19)22-7-3-2-4-8-22)21-13-11-20(12-14-21)23-15-16-28-25(18-23)24-9-5-6-10-27(24)32-28/h2-18H,1H3. The number of hydrogen-bond acceptors (Lipinski definition) is 3. The van der Waals surface area contributed by atoms with Gasteiger partial charge in [0.1, 0.15) is 0 Å². The van der Waals surface area contributed by atoms with Gasteiger partial charge in [-0.15, -0.1) is 11.3 Å². The molecule has 0 fully saturated rings. The van der Waals surface area contributed by atoms with Crippen molar-refractivity contribution >= 4 is 31.5 Å². The number of hydrogen-bond donors (Lipinski definition) is 0. The van der Waals surface area contributed by atoms with Gasteiger partial charge in [-0.25, -0.2) is 9.97 Å². The molecule has 6 rings (SSSR count). The maximum absolute atomic E-state index is 4.83. The Kier molecular flexibility index (Phi) is 4.55. The van der Waals surface area contributed by atoms with Crippen LogP contribution in [0, 0.1) is 6.92 Å². The lowest BCUT2D eigenvalue weighted by Crippen LogP contribution is -1.95. The molecule has 0 aliphatic rings. The van der Waals surface area contributed by atoms with Crippen molar-refractivity contribution in [3.8, 4) is 33.8 Å². The van der Waals surface area contributed by atoms with Gasteiger partial charge in [-0.05, 0) is 42.3 Å². The summed E-state index contributed by atoms with van der Waals surface area (Å²) in [5.74, 6) is 0.763. The van der Waals surface area contributed by atoms with Gasteiger partial charge in [0.25, 0.3) is 0 Å². The van der Waals surface area contributed by atoms with E-state index in [0.29, 0.717) is 0 Å². The van der Waals surface area contributed by atoms with Crippen LogP contribution in [-0.2, 0) is 0 Å². The quantitative estimate of drug-likeness (QED) is 0.284. The van der Waals surface area contributed by atoms with E-state index >= 15 is 0 Å². The van der Waals surface area contributed by atoms with E-state index in [0.717, 1.165) is 28.3 Å². The van der Waals surface area contributed by atoms with Gasteiger partial charge >= 0.3 is 0 Å². The van der Waals surface area contributed by atoms with E-state index in [1.54, 1.807) is 0 Å². The Morgan fingerprint density at radius 3 is 2.06 bits per heavy atom. The second kappa shape index (κ2) is 7.70. The number of thiophene rings is 1. The van der Waals surface area contributed by atoms with Gasteiger partial charge in [-0.2, -0.15) is 0 Å². The van der Waals surface area contributed by atoms with Crippen molar-refractivity contribution in [2.24, 2.45) is 0 Å². The number of aromatic nitrogens is 2. The molecular weight excluding hydrogens is 408 g/mol. The minimum Gasteiger partial charge on any atom is -0.233 e. The fourth-order valence-corrected chi connectivity index (χ4v) is 5.26. The van der Waals surface area contributed by atoms with Crippen LogP contribution in [0.1, 0.15) is 5.69 Å². The van der Waals surface area contributed by atoms with Crippen molar-refractivity contribution in [2.75, 3.05) is 0 Å². The number of benzene rings is 4. The molecule has 0 N–H and O–H groups in total. The van der Waals surface area contributed by atoms with Crippen molar-refractivity contribution in [3.05, 3.63) is 109 Å². The van der Waals surface area contributed by atoms with Crippen LogP contribution in [-0.4, -0.2) is 9.97 Å². The van der Waals surface area contributed by atoms with Crippen LogP contribution in [0.4, 0.5) is 0 Å². The highest BCUT2D eigenvalue weighted by atomic mass is 32.1. The van der Waals surface area contributed by atoms with Crippen molar-refractivity contribution in [1.29, 1.82) is 0 Å². The van der Waals surface area contributed by atoms with Crippen LogP contribution in [0.15, 0.2) is 103 Å². The van der Waals surface area contributed by atoms with E-state index in [1.165, 1.54) is 31.3 Å². The molecule has 0 radical (unpaired) electrons. The van der Waals surface area contributed by atoms with Gasteiger partial charge in [0.15, 0.2) is 5.82 Å². The normalized spacial score (nSPS) is 11.3. The topological polar surface area (TPSA) is 25.8 Å². The molecule has 6 aromatic rings. The maximum atomic E-state index is 4.83. The average molecular weight is 429 g/mol. The highest BCUT2D eigenvalue weighted by Crippen LogP contribution is 2.36. The smallest absolute Gasteiger partial charge is 0.160 e. The van der Waals surface area contributed by atoms with Crippen LogP contribution in [0.5, 0.6) is 0 Å². The zero-order valence-corrected chi connectivity index (χ0v) is 18.4. The molecule has 152 valence electrons. The van der Waals surface area contributed by atoms with Crippen LogP contribution >= 0.6 is 11.3 Å². The summed E-state index contributed by atoms with van der Waals surface area (Å²) < 4.78 is 2.67. The van der Waals surface area contributed by atoms with Crippen molar-refractivity contribution < 1.29 is 0 Å². The predicted molar refractivity (Wildman–Crippen MR) is 136 cm³/mol. The molecule has 2 aromatic heterocycles. The third-order valence-electron chi connectivity index (χ3n) is 5.78. The maximum Gasteiger partial charge on any atom is 0.160 e. The molecular formula is C29H20N2S. The van der Waals surface area contributed by atoms with Crippen LogP contribution in [0.3, 0.4) is 0 Å². The molecule has 0 unspecified atom stereocenters. The molecule has 4 aromatic carbocycles. The lowest BCUT2D eigenvalue weighted by molar-refractivity contribution is 1.11. The molecule has 0 aliphatic carbocycles. The summed E-state index contributed by atoms with van der Waals surface area (Å²) in [7, 11) is 0. The Morgan fingerprint density at radius 1 is 0.531 bits per heavy atom. The number of fused-ring (bicyclic) bond motifs is 3. The monoisotopic (exact) mass is 428 g/mol. The molecule has 0 atom stereocenters. The lowest BCUT2D eigenvalue weighted by atomic mass is 10.0. The molecule has 0 spiro atoms. The minimum absolute atomic E-state index is 0.763. The summed E-state index contributed by atoms with van der Waals surface area (Å²) in [5.41, 5.74) is 6.48. The van der Waals surface area contributed by atoms with Gasteiger partial charge in [0.2, 0.25) is 0 Å². The van der Waals surface area contributed by atoms with E-state index in [-0.39, 0.29) is 0 Å². The van der Waals surface area contributed by atoms with Gasteiger partial charge in [0.05, 0.1) is 5.69 Å². The zero-order valence-electron chi connectivity index (χ0n) is 17.6. The lowest BCUT2D eigenvalue weighted by Gasteiger charge is -2.08. The molecule has 0 saturated heterocycles. The van der Waals surface area contributed by atoms with Crippen LogP contribution < -0.4 is 0 Å². The number of aryl methyl sites for hydroxylation is 1. The predicted octanol–water partition coefficient (Wildman–Crippen LogP) is 8.15. The molecule has 3 heteroatoms. The SMILES string of the molecule is Cc1cc(-c2ccc(-c3ccc4sc5ccccc5c4c3)cc2)nc(-c2ccccc2)n1. The second-order valence-corrected chi connectivity index (χ2v) is 9.05. The van der Waals surface area contributed by atoms with E-state index in [2.05, 4.69) is 71.7 Å². The van der Waals surface area contributed by atoms with Gasteiger partial charge < -0.3 is 0 Å². The first kappa shape index (κ1) is 18.9. The summed E-state index contributed by atoms with van der Waals surface area (Å²) >= 11 is 1.85. The Hall–Kier alpha value is -3.82. The van der Waals surface area contributed by atoms with Gasteiger partial charge in [-0.3, -0.25) is 0 Å². The van der Waals surface area contributed by atoms with Crippen molar-refractivity contribution in [1.82, 2.24) is 9.97 Å². The second-order valence-electron chi connectivity index (χ2n) is 7.97. The molecule has 0 saturated carbocycles. The van der Waals surface area contributed by atoms with Crippen molar-refractivity contribution in [2.45, 2.75) is 6.92 Å². The summed E-state index contributed by atoms with van der Waals surface area (Å²) in [6, 6.07) is 36.3. The Balaban J connectivity index is 1.38. The first-order valence-electron chi connectivity index (χ1n) is 10.7. The van der Waals surface area contributed by atoms with Crippen LogP contribution in [0.25, 0.3) is 53.9 Å². The largest absolute Gasteiger partial charge is 0.233 e. The first-order valence-corrected chi connectivity index (χ1v) is 11.5. The van der Waals surface area contributed by atoms with Crippen molar-refractivity contribution in [3.63, 3.8) is 0 Å². The molecule has 2 heterocycles. The summed E-state index contributed by atoms with van der Waals surface area (Å²) in [5, 5.41) is 2.65. The zero-order chi connectivity index (χ0) is 21.5. The highest BCUT2D eigenvalue weighted by molar-refractivity contribution is 7.25. The summed E-state index contributed by atoms with van der Waals surface area (Å²) in [4.78, 5) is 9.47. The fraction of sp³-hybridized carbons (Fsp3) is 0.0345. The number of rotatable bonds is 3. The Bertz CT molecular complexity index is 1560. The third kappa shape index (κ3) is 3.37. The fourth-order valence-electron chi connectivity index (χ4n) is 4.17. The first-order chi connectivity index (χ1) is 15.7. The molecule has 2 nitrogen and oxygen atoms in total. The van der Waals surface area contributed by atoms with Crippen LogP contribution in [0.2, 0.25) is 0 Å². The van der Waals surface area contributed by atoms with E-state index in [1.807, 2.05) is 54.7 Å². The van der Waals surface area contributed by atoms with E-state index in [9.17, 15) is 0 Å². The molecule has 32 heavy (non-hydrogen) atoms. The number of nitrogens with zero attached hydrogens (tertiary/aromatic N) is 2. The molecule has 0 bridgehead atoms. The average Bonchev–Trinajstić information content (AvgIpc) is 3.22. The Labute approximate surface area is 190 Å². The highest BCUT2D eigenvalue weighted by Gasteiger charge is 2.09. The van der Waals surface area contributed by atoms with E-state index < -0.39 is 0 Å². The van der Waals surface area contributed by atoms with Gasteiger partial charge in [0, 0.05) is 37.0 Å². The van der Waals surface area contributed by atoms with E-state index in [4.69, 9.17) is 4.98 Å². The summed E-state index contributed by atoms with van der Waals surface area (Å²) in [6.45, 7) is 2.02. The summed E-state index contributed by atoms with van der Waals surface area (Å²) in [6.07, 6.45) is 0. The molecule has 0 aliphatic heterocycles. The van der Waals surface area contributed by atoms with Gasteiger partial charge in [-0.1, -0.05) is 78.9 Å².